The van der Waals surface area contributed by atoms with E-state index < -0.39 is 0 Å². The van der Waals surface area contributed by atoms with Crippen LogP contribution >= 0.6 is 12.4 Å². The number of rotatable bonds is 3. The average Bonchev–Trinajstić information content (AvgIpc) is 2.95. The van der Waals surface area contributed by atoms with E-state index >= 15 is 0 Å². The Balaban J connectivity index is 0.00000161. The highest BCUT2D eigenvalue weighted by molar-refractivity contribution is 5.85. The van der Waals surface area contributed by atoms with Gasteiger partial charge in [-0.2, -0.15) is 0 Å². The summed E-state index contributed by atoms with van der Waals surface area (Å²) in [5.74, 6) is 0.328. The molecule has 21 heavy (non-hydrogen) atoms. The fraction of sp³-hybridized carbons (Fsp3) is 0.588. The minimum Gasteiger partial charge on any atom is -0.343 e. The molecule has 2 fully saturated rings. The quantitative estimate of drug-likeness (QED) is 0.931. The highest BCUT2D eigenvalue weighted by Crippen LogP contribution is 2.36. The molecule has 1 aromatic rings. The normalized spacial score (nSPS) is 20.3. The van der Waals surface area contributed by atoms with Crippen molar-refractivity contribution in [2.75, 3.05) is 26.2 Å². The van der Waals surface area contributed by atoms with Gasteiger partial charge in [-0.25, -0.2) is 0 Å². The first-order valence-electron chi connectivity index (χ1n) is 7.80. The smallest absolute Gasteiger partial charge is 0.222 e. The summed E-state index contributed by atoms with van der Waals surface area (Å²) in [5, 5.41) is 3.47. The van der Waals surface area contributed by atoms with E-state index in [1.54, 1.807) is 0 Å². The zero-order valence-electron chi connectivity index (χ0n) is 12.5. The van der Waals surface area contributed by atoms with E-state index in [-0.39, 0.29) is 12.4 Å². The van der Waals surface area contributed by atoms with Crippen molar-refractivity contribution in [3.63, 3.8) is 0 Å². The first kappa shape index (κ1) is 16.3. The Morgan fingerprint density at radius 3 is 2.48 bits per heavy atom. The van der Waals surface area contributed by atoms with Gasteiger partial charge in [0.25, 0.3) is 0 Å². The Morgan fingerprint density at radius 1 is 1.14 bits per heavy atom. The van der Waals surface area contributed by atoms with Crippen LogP contribution < -0.4 is 5.32 Å². The second-order valence-electron chi connectivity index (χ2n) is 6.29. The van der Waals surface area contributed by atoms with Crippen LogP contribution in [0.25, 0.3) is 0 Å². The molecule has 4 heteroatoms. The van der Waals surface area contributed by atoms with Crippen LogP contribution in [0.4, 0.5) is 0 Å². The Hall–Kier alpha value is -1.06. The van der Waals surface area contributed by atoms with Crippen LogP contribution in [0.5, 0.6) is 0 Å². The number of likely N-dealkylation sites (tertiary alicyclic amines) is 1. The number of halogens is 1. The molecule has 2 aliphatic rings. The molecule has 2 heterocycles. The van der Waals surface area contributed by atoms with Crippen molar-refractivity contribution >= 4 is 18.3 Å². The van der Waals surface area contributed by atoms with Gasteiger partial charge < -0.3 is 10.2 Å². The second-order valence-corrected chi connectivity index (χ2v) is 6.29. The van der Waals surface area contributed by atoms with Gasteiger partial charge in [-0.1, -0.05) is 30.3 Å². The van der Waals surface area contributed by atoms with E-state index in [2.05, 4.69) is 22.3 Å². The predicted molar refractivity (Wildman–Crippen MR) is 87.7 cm³/mol. The van der Waals surface area contributed by atoms with Crippen LogP contribution in [-0.4, -0.2) is 37.0 Å². The third-order valence-electron chi connectivity index (χ3n) is 4.98. The van der Waals surface area contributed by atoms with Gasteiger partial charge in [0.05, 0.1) is 0 Å². The van der Waals surface area contributed by atoms with Crippen molar-refractivity contribution in [1.82, 2.24) is 10.2 Å². The molecular weight excluding hydrogens is 284 g/mol. The summed E-state index contributed by atoms with van der Waals surface area (Å²) in [6.07, 6.45) is 5.16. The molecule has 1 aromatic carbocycles. The standard InChI is InChI=1S/C17H24N2O.ClH/c20-16(7-6-15-4-2-1-3-5-15)19-12-9-17(10-13-19)8-11-18-14-17;/h1-5,18H,6-14H2;1H. The molecular formula is C17H25ClN2O. The number of hydrogen-bond acceptors (Lipinski definition) is 2. The van der Waals surface area contributed by atoms with Gasteiger partial charge in [-0.15, -0.1) is 12.4 Å². The van der Waals surface area contributed by atoms with Crippen molar-refractivity contribution in [2.24, 2.45) is 5.41 Å². The number of benzene rings is 1. The molecule has 3 rings (SSSR count). The summed E-state index contributed by atoms with van der Waals surface area (Å²) in [4.78, 5) is 14.4. The Labute approximate surface area is 133 Å². The number of nitrogens with one attached hydrogen (secondary N) is 1. The molecule has 1 amide bonds. The minimum absolute atomic E-state index is 0. The van der Waals surface area contributed by atoms with E-state index in [0.717, 1.165) is 32.6 Å². The van der Waals surface area contributed by atoms with Gasteiger partial charge in [0.1, 0.15) is 0 Å². The van der Waals surface area contributed by atoms with Crippen LogP contribution in [0.2, 0.25) is 0 Å². The van der Waals surface area contributed by atoms with Gasteiger partial charge >= 0.3 is 0 Å². The Bertz CT molecular complexity index is 447. The maximum atomic E-state index is 12.3. The molecule has 2 aliphatic heterocycles. The molecule has 3 nitrogen and oxygen atoms in total. The molecule has 0 unspecified atom stereocenters. The van der Waals surface area contributed by atoms with Gasteiger partial charge in [-0.3, -0.25) is 4.79 Å². The summed E-state index contributed by atoms with van der Waals surface area (Å²) in [6.45, 7) is 4.21. The Morgan fingerprint density at radius 2 is 1.86 bits per heavy atom. The van der Waals surface area contributed by atoms with Crippen LogP contribution in [0.1, 0.15) is 31.2 Å². The number of aryl methyl sites for hydroxylation is 1. The fourth-order valence-electron chi connectivity index (χ4n) is 3.51. The first-order chi connectivity index (χ1) is 9.77. The maximum absolute atomic E-state index is 12.3. The topological polar surface area (TPSA) is 32.3 Å². The van der Waals surface area contributed by atoms with Crippen molar-refractivity contribution in [3.05, 3.63) is 35.9 Å². The van der Waals surface area contributed by atoms with E-state index in [9.17, 15) is 4.79 Å². The first-order valence-corrected chi connectivity index (χ1v) is 7.80. The fourth-order valence-corrected chi connectivity index (χ4v) is 3.51. The lowest BCUT2D eigenvalue weighted by molar-refractivity contribution is -0.133. The van der Waals surface area contributed by atoms with Gasteiger partial charge in [-0.05, 0) is 43.2 Å². The molecule has 0 bridgehead atoms. The maximum Gasteiger partial charge on any atom is 0.222 e. The van der Waals surface area contributed by atoms with E-state index in [4.69, 9.17) is 0 Å². The third kappa shape index (κ3) is 3.98. The largest absolute Gasteiger partial charge is 0.343 e. The number of carbonyl (C=O) groups is 1. The summed E-state index contributed by atoms with van der Waals surface area (Å²) < 4.78 is 0. The highest BCUT2D eigenvalue weighted by atomic mass is 35.5. The highest BCUT2D eigenvalue weighted by Gasteiger charge is 2.37. The van der Waals surface area contributed by atoms with Gasteiger partial charge in [0.2, 0.25) is 5.91 Å². The van der Waals surface area contributed by atoms with Gasteiger partial charge in [0.15, 0.2) is 0 Å². The SMILES string of the molecule is Cl.O=C(CCc1ccccc1)N1CCC2(CCNC2)CC1. The van der Waals surface area contributed by atoms with Crippen molar-refractivity contribution in [3.8, 4) is 0 Å². The van der Waals surface area contributed by atoms with Crippen molar-refractivity contribution < 1.29 is 4.79 Å². The molecule has 0 atom stereocenters. The number of hydrogen-bond donors (Lipinski definition) is 1. The molecule has 1 N–H and O–H groups in total. The average molecular weight is 309 g/mol. The van der Waals surface area contributed by atoms with Crippen LogP contribution in [0.15, 0.2) is 30.3 Å². The molecule has 0 saturated carbocycles. The lowest BCUT2D eigenvalue weighted by Gasteiger charge is -2.39. The molecule has 0 aliphatic carbocycles. The molecule has 1 spiro atoms. The summed E-state index contributed by atoms with van der Waals surface area (Å²) in [7, 11) is 0. The summed E-state index contributed by atoms with van der Waals surface area (Å²) in [5.41, 5.74) is 1.75. The number of carbonyl (C=O) groups excluding carboxylic acids is 1. The molecule has 2 saturated heterocycles. The van der Waals surface area contributed by atoms with E-state index in [1.807, 2.05) is 18.2 Å². The minimum atomic E-state index is 0. The third-order valence-corrected chi connectivity index (χ3v) is 4.98. The summed E-state index contributed by atoms with van der Waals surface area (Å²) >= 11 is 0. The molecule has 116 valence electrons. The number of piperidine rings is 1. The van der Waals surface area contributed by atoms with Crippen molar-refractivity contribution in [2.45, 2.75) is 32.1 Å². The molecule has 0 aromatic heterocycles. The van der Waals surface area contributed by atoms with Crippen molar-refractivity contribution in [1.29, 1.82) is 0 Å². The predicted octanol–water partition coefficient (Wildman–Crippen LogP) is 2.64. The lowest BCUT2D eigenvalue weighted by Crippen LogP contribution is -2.44. The molecule has 0 radical (unpaired) electrons. The zero-order chi connectivity index (χ0) is 13.8. The summed E-state index contributed by atoms with van der Waals surface area (Å²) in [6, 6.07) is 10.3. The van der Waals surface area contributed by atoms with Crippen LogP contribution in [0, 0.1) is 5.41 Å². The van der Waals surface area contributed by atoms with Crippen LogP contribution in [0.3, 0.4) is 0 Å². The monoisotopic (exact) mass is 308 g/mol. The van der Waals surface area contributed by atoms with Crippen LogP contribution in [-0.2, 0) is 11.2 Å². The zero-order valence-corrected chi connectivity index (χ0v) is 13.3. The lowest BCUT2D eigenvalue weighted by atomic mass is 9.78. The number of amides is 1. The van der Waals surface area contributed by atoms with E-state index in [0.29, 0.717) is 17.7 Å². The number of nitrogens with zero attached hydrogens (tertiary/aromatic N) is 1. The second kappa shape index (κ2) is 7.28. The van der Waals surface area contributed by atoms with E-state index in [1.165, 1.54) is 24.8 Å². The Kier molecular flexibility index (Phi) is 5.65. The van der Waals surface area contributed by atoms with Gasteiger partial charge in [0, 0.05) is 26.1 Å².